The fraction of sp³-hybridized carbons (Fsp3) is 0.650. The van der Waals surface area contributed by atoms with Gasteiger partial charge in [-0.1, -0.05) is 30.3 Å². The Hall–Kier alpha value is -1.59. The molecule has 0 radical (unpaired) electrons. The number of amides is 1. The van der Waals surface area contributed by atoms with Crippen LogP contribution in [0.1, 0.15) is 32.8 Å². The van der Waals surface area contributed by atoms with Gasteiger partial charge in [-0.15, -0.1) is 0 Å². The number of likely N-dealkylation sites (tertiary alicyclic amines) is 1. The zero-order chi connectivity index (χ0) is 18.0. The van der Waals surface area contributed by atoms with Gasteiger partial charge in [0.15, 0.2) is 0 Å². The molecule has 2 aliphatic heterocycles. The van der Waals surface area contributed by atoms with Crippen LogP contribution >= 0.6 is 0 Å². The van der Waals surface area contributed by atoms with Crippen molar-refractivity contribution in [3.05, 3.63) is 35.9 Å². The Balaban J connectivity index is 1.72. The van der Waals surface area contributed by atoms with Crippen LogP contribution in [-0.4, -0.2) is 60.4 Å². The summed E-state index contributed by atoms with van der Waals surface area (Å²) >= 11 is 0. The van der Waals surface area contributed by atoms with Crippen LogP contribution in [0.15, 0.2) is 30.3 Å². The Morgan fingerprint density at radius 3 is 2.56 bits per heavy atom. The fourth-order valence-electron chi connectivity index (χ4n) is 4.12. The van der Waals surface area contributed by atoms with Crippen LogP contribution < -0.4 is 0 Å². The Morgan fingerprint density at radius 1 is 1.20 bits per heavy atom. The molecule has 1 aromatic rings. The lowest BCUT2D eigenvalue weighted by molar-refractivity contribution is -0.0108. The molecular weight excluding hydrogens is 316 g/mol. The van der Waals surface area contributed by atoms with Crippen LogP contribution in [0, 0.1) is 5.92 Å². The molecule has 1 aromatic carbocycles. The van der Waals surface area contributed by atoms with E-state index in [-0.39, 0.29) is 18.2 Å². The smallest absolute Gasteiger partial charge is 0.410 e. The fourth-order valence-corrected chi connectivity index (χ4v) is 4.12. The topological polar surface area (TPSA) is 42.0 Å². The second-order valence-corrected chi connectivity index (χ2v) is 8.24. The maximum Gasteiger partial charge on any atom is 0.410 e. The molecule has 2 heterocycles. The third-order valence-corrected chi connectivity index (χ3v) is 5.02. The maximum atomic E-state index is 12.7. The van der Waals surface area contributed by atoms with Gasteiger partial charge in [-0.2, -0.15) is 0 Å². The molecule has 138 valence electrons. The number of rotatable bonds is 4. The summed E-state index contributed by atoms with van der Waals surface area (Å²) in [5, 5.41) is 0. The van der Waals surface area contributed by atoms with Crippen molar-refractivity contribution in [3.8, 4) is 0 Å². The molecule has 3 atom stereocenters. The van der Waals surface area contributed by atoms with Crippen molar-refractivity contribution in [2.75, 3.05) is 26.8 Å². The van der Waals surface area contributed by atoms with Gasteiger partial charge < -0.3 is 9.47 Å². The highest BCUT2D eigenvalue weighted by molar-refractivity contribution is 5.70. The first-order valence-corrected chi connectivity index (χ1v) is 9.14. The van der Waals surface area contributed by atoms with E-state index >= 15 is 0 Å². The highest BCUT2D eigenvalue weighted by Crippen LogP contribution is 2.36. The molecule has 0 aliphatic carbocycles. The van der Waals surface area contributed by atoms with Crippen molar-refractivity contribution in [1.29, 1.82) is 0 Å². The number of carbonyl (C=O) groups is 1. The van der Waals surface area contributed by atoms with Gasteiger partial charge >= 0.3 is 6.09 Å². The Bertz CT molecular complexity index is 584. The van der Waals surface area contributed by atoms with E-state index in [0.717, 1.165) is 26.1 Å². The van der Waals surface area contributed by atoms with E-state index in [0.29, 0.717) is 12.5 Å². The number of ether oxygens (including phenoxy) is 2. The molecule has 25 heavy (non-hydrogen) atoms. The summed E-state index contributed by atoms with van der Waals surface area (Å²) in [6.07, 6.45) is 0.809. The maximum absolute atomic E-state index is 12.7. The van der Waals surface area contributed by atoms with Crippen LogP contribution in [0.5, 0.6) is 0 Å². The van der Waals surface area contributed by atoms with E-state index in [1.165, 1.54) is 5.56 Å². The number of hydrogen-bond donors (Lipinski definition) is 0. The molecule has 0 aromatic heterocycles. The lowest BCUT2D eigenvalue weighted by Gasteiger charge is -2.42. The molecule has 5 nitrogen and oxygen atoms in total. The molecule has 2 unspecified atom stereocenters. The summed E-state index contributed by atoms with van der Waals surface area (Å²) < 4.78 is 11.1. The number of fused-ring (bicyclic) bond motifs is 2. The molecule has 0 N–H and O–H groups in total. The van der Waals surface area contributed by atoms with Gasteiger partial charge in [0, 0.05) is 38.7 Å². The number of piperazine rings is 1. The van der Waals surface area contributed by atoms with Gasteiger partial charge in [0.2, 0.25) is 0 Å². The standard InChI is InChI=1S/C20H30N2O3/c1-20(2,3)25-19(23)22-17-10-16(14-24-4)18(22)13-21(12-17)11-15-8-6-5-7-9-15/h5-9,16-18H,10-14H2,1-4H3/t16?,17-,18?/m1/s1. The predicted molar refractivity (Wildman–Crippen MR) is 97.4 cm³/mol. The van der Waals surface area contributed by atoms with E-state index < -0.39 is 5.60 Å². The quantitative estimate of drug-likeness (QED) is 0.840. The molecule has 5 heteroatoms. The Morgan fingerprint density at radius 2 is 1.92 bits per heavy atom. The average Bonchev–Trinajstić information content (AvgIpc) is 2.75. The first-order valence-electron chi connectivity index (χ1n) is 9.14. The SMILES string of the molecule is COCC1C[C@@H]2CN(Cc3ccccc3)CC1N2C(=O)OC(C)(C)C. The Kier molecular flexibility index (Phi) is 5.35. The molecule has 2 bridgehead atoms. The number of carbonyl (C=O) groups excluding carboxylic acids is 1. The number of hydrogen-bond acceptors (Lipinski definition) is 4. The molecule has 2 aliphatic rings. The van der Waals surface area contributed by atoms with Gasteiger partial charge in [0.1, 0.15) is 5.60 Å². The number of methoxy groups -OCH3 is 1. The zero-order valence-electron chi connectivity index (χ0n) is 15.8. The van der Waals surface area contributed by atoms with E-state index in [9.17, 15) is 4.79 Å². The van der Waals surface area contributed by atoms with Gasteiger partial charge in [0.05, 0.1) is 12.6 Å². The first-order chi connectivity index (χ1) is 11.9. The normalized spacial score (nSPS) is 26.7. The summed E-state index contributed by atoms with van der Waals surface area (Å²) in [6.45, 7) is 9.15. The van der Waals surface area contributed by atoms with Crippen molar-refractivity contribution in [1.82, 2.24) is 9.80 Å². The van der Waals surface area contributed by atoms with Crippen LogP contribution in [0.3, 0.4) is 0 Å². The number of nitrogens with zero attached hydrogens (tertiary/aromatic N) is 2. The minimum absolute atomic E-state index is 0.164. The zero-order valence-corrected chi connectivity index (χ0v) is 15.8. The highest BCUT2D eigenvalue weighted by atomic mass is 16.6. The van der Waals surface area contributed by atoms with Crippen LogP contribution in [-0.2, 0) is 16.0 Å². The molecule has 1 amide bonds. The van der Waals surface area contributed by atoms with Crippen LogP contribution in [0.4, 0.5) is 4.79 Å². The molecular formula is C20H30N2O3. The summed E-state index contributed by atoms with van der Waals surface area (Å²) in [6, 6.07) is 10.9. The van der Waals surface area contributed by atoms with Gasteiger partial charge in [-0.25, -0.2) is 4.79 Å². The molecule has 3 rings (SSSR count). The van der Waals surface area contributed by atoms with Gasteiger partial charge in [-0.3, -0.25) is 9.80 Å². The third-order valence-electron chi connectivity index (χ3n) is 5.02. The molecule has 0 saturated carbocycles. The molecule has 0 spiro atoms. The summed E-state index contributed by atoms with van der Waals surface area (Å²) in [5.74, 6) is 0.378. The summed E-state index contributed by atoms with van der Waals surface area (Å²) in [4.78, 5) is 17.2. The number of benzene rings is 1. The van der Waals surface area contributed by atoms with E-state index in [4.69, 9.17) is 9.47 Å². The summed E-state index contributed by atoms with van der Waals surface area (Å²) in [7, 11) is 1.74. The summed E-state index contributed by atoms with van der Waals surface area (Å²) in [5.41, 5.74) is 0.852. The van der Waals surface area contributed by atoms with Crippen molar-refractivity contribution in [2.24, 2.45) is 5.92 Å². The van der Waals surface area contributed by atoms with Crippen LogP contribution in [0.2, 0.25) is 0 Å². The van der Waals surface area contributed by atoms with E-state index in [1.54, 1.807) is 7.11 Å². The minimum atomic E-state index is -0.464. The van der Waals surface area contributed by atoms with E-state index in [2.05, 4.69) is 29.2 Å². The second kappa shape index (κ2) is 7.34. The van der Waals surface area contributed by atoms with Crippen molar-refractivity contribution in [3.63, 3.8) is 0 Å². The van der Waals surface area contributed by atoms with Crippen LogP contribution in [0.25, 0.3) is 0 Å². The van der Waals surface area contributed by atoms with Gasteiger partial charge in [-0.05, 0) is 32.8 Å². The minimum Gasteiger partial charge on any atom is -0.444 e. The van der Waals surface area contributed by atoms with Crippen molar-refractivity contribution >= 4 is 6.09 Å². The van der Waals surface area contributed by atoms with Gasteiger partial charge in [0.25, 0.3) is 0 Å². The third kappa shape index (κ3) is 4.33. The van der Waals surface area contributed by atoms with Crippen molar-refractivity contribution in [2.45, 2.75) is 51.4 Å². The Labute approximate surface area is 150 Å². The molecule has 2 saturated heterocycles. The first kappa shape index (κ1) is 18.2. The monoisotopic (exact) mass is 346 g/mol. The second-order valence-electron chi connectivity index (χ2n) is 8.24. The van der Waals surface area contributed by atoms with Crippen molar-refractivity contribution < 1.29 is 14.3 Å². The lowest BCUT2D eigenvalue weighted by Crippen LogP contribution is -2.57. The predicted octanol–water partition coefficient (Wildman–Crippen LogP) is 3.14. The highest BCUT2D eigenvalue weighted by Gasteiger charge is 2.49. The molecule has 2 fully saturated rings. The van der Waals surface area contributed by atoms with E-state index in [1.807, 2.05) is 31.7 Å². The largest absolute Gasteiger partial charge is 0.444 e. The average molecular weight is 346 g/mol. The lowest BCUT2D eigenvalue weighted by atomic mass is 10.0.